The van der Waals surface area contributed by atoms with Crippen molar-refractivity contribution in [2.24, 2.45) is 0 Å². The fourth-order valence-electron chi connectivity index (χ4n) is 3.74. The summed E-state index contributed by atoms with van der Waals surface area (Å²) < 4.78 is 9.33. The molecule has 0 atom stereocenters. The van der Waals surface area contributed by atoms with E-state index in [0.717, 1.165) is 37.3 Å². The Balaban J connectivity index is 1.87. The van der Waals surface area contributed by atoms with Crippen molar-refractivity contribution in [2.75, 3.05) is 19.5 Å². The molecule has 1 aliphatic heterocycles. The quantitative estimate of drug-likeness (QED) is 0.632. The zero-order valence-electron chi connectivity index (χ0n) is 15.6. The minimum absolute atomic E-state index is 0.0251. The normalized spacial score (nSPS) is 17.5. The van der Waals surface area contributed by atoms with Crippen molar-refractivity contribution in [3.63, 3.8) is 0 Å². The summed E-state index contributed by atoms with van der Waals surface area (Å²) in [4.78, 5) is 38.4. The first-order valence-electron chi connectivity index (χ1n) is 9.13. The highest BCUT2D eigenvalue weighted by Crippen LogP contribution is 2.34. The van der Waals surface area contributed by atoms with Crippen LogP contribution in [0.3, 0.4) is 0 Å². The average Bonchev–Trinajstić information content (AvgIpc) is 3.05. The molecule has 1 fully saturated rings. The molecule has 7 heteroatoms. The van der Waals surface area contributed by atoms with E-state index in [1.54, 1.807) is 18.2 Å². The Hall–Kier alpha value is -2.83. The Kier molecular flexibility index (Phi) is 5.78. The van der Waals surface area contributed by atoms with E-state index < -0.39 is 11.9 Å². The van der Waals surface area contributed by atoms with Crippen molar-refractivity contribution >= 4 is 23.5 Å². The van der Waals surface area contributed by atoms with Crippen LogP contribution in [0.1, 0.15) is 48.0 Å². The number of amides is 1. The maximum Gasteiger partial charge on any atom is 0.354 e. The minimum atomic E-state index is -0.688. The number of benzene rings is 1. The first-order valence-corrected chi connectivity index (χ1v) is 9.13. The van der Waals surface area contributed by atoms with Crippen molar-refractivity contribution in [3.8, 4) is 0 Å². The van der Waals surface area contributed by atoms with Gasteiger partial charge in [-0.25, -0.2) is 9.59 Å². The SMILES string of the molecule is COC(=O)/C=C(/Nc1cccc2c1CN(C1CCCCC1)C2=O)C(=O)OC. The molecule has 0 radical (unpaired) electrons. The lowest BCUT2D eigenvalue weighted by Gasteiger charge is -2.31. The number of fused-ring (bicyclic) bond motifs is 1. The lowest BCUT2D eigenvalue weighted by molar-refractivity contribution is -0.138. The van der Waals surface area contributed by atoms with Gasteiger partial charge in [-0.2, -0.15) is 0 Å². The van der Waals surface area contributed by atoms with Crippen LogP contribution in [-0.4, -0.2) is 43.0 Å². The highest BCUT2D eigenvalue weighted by atomic mass is 16.5. The number of hydrogen-bond acceptors (Lipinski definition) is 6. The monoisotopic (exact) mass is 372 g/mol. The van der Waals surface area contributed by atoms with Gasteiger partial charge in [-0.05, 0) is 25.0 Å². The number of rotatable bonds is 5. The average molecular weight is 372 g/mol. The molecular weight excluding hydrogens is 348 g/mol. The summed E-state index contributed by atoms with van der Waals surface area (Å²) in [6, 6.07) is 5.60. The summed E-state index contributed by atoms with van der Waals surface area (Å²) in [7, 11) is 2.47. The zero-order chi connectivity index (χ0) is 19.4. The zero-order valence-corrected chi connectivity index (χ0v) is 15.6. The van der Waals surface area contributed by atoms with Crippen LogP contribution in [0.5, 0.6) is 0 Å². The molecule has 1 amide bonds. The highest BCUT2D eigenvalue weighted by molar-refractivity contribution is 6.02. The number of hydrogen-bond donors (Lipinski definition) is 1. The number of nitrogens with one attached hydrogen (secondary N) is 1. The first kappa shape index (κ1) is 18.9. The van der Waals surface area contributed by atoms with Gasteiger partial charge in [0.25, 0.3) is 5.91 Å². The number of esters is 2. The van der Waals surface area contributed by atoms with E-state index in [0.29, 0.717) is 17.8 Å². The molecular formula is C20H24N2O5. The summed E-state index contributed by atoms with van der Waals surface area (Å²) in [5.74, 6) is -1.33. The molecule has 0 saturated heterocycles. The topological polar surface area (TPSA) is 84.9 Å². The van der Waals surface area contributed by atoms with Crippen LogP contribution < -0.4 is 5.32 Å². The van der Waals surface area contributed by atoms with Gasteiger partial charge < -0.3 is 19.7 Å². The third kappa shape index (κ3) is 3.97. The fourth-order valence-corrected chi connectivity index (χ4v) is 3.74. The van der Waals surface area contributed by atoms with Gasteiger partial charge in [-0.1, -0.05) is 25.3 Å². The van der Waals surface area contributed by atoms with E-state index >= 15 is 0 Å². The third-order valence-electron chi connectivity index (χ3n) is 5.15. The van der Waals surface area contributed by atoms with E-state index in [4.69, 9.17) is 4.74 Å². The van der Waals surface area contributed by atoms with Gasteiger partial charge in [0.05, 0.1) is 20.3 Å². The fraction of sp³-hybridized carbons (Fsp3) is 0.450. The second kappa shape index (κ2) is 8.24. The molecule has 144 valence electrons. The van der Waals surface area contributed by atoms with Crippen LogP contribution in [0.4, 0.5) is 5.69 Å². The second-order valence-electron chi connectivity index (χ2n) is 6.75. The molecule has 7 nitrogen and oxygen atoms in total. The van der Waals surface area contributed by atoms with Crippen molar-refractivity contribution in [2.45, 2.75) is 44.7 Å². The van der Waals surface area contributed by atoms with Crippen molar-refractivity contribution in [1.82, 2.24) is 4.90 Å². The Labute approximate surface area is 158 Å². The van der Waals surface area contributed by atoms with E-state index in [1.165, 1.54) is 20.6 Å². The van der Waals surface area contributed by atoms with E-state index in [9.17, 15) is 14.4 Å². The van der Waals surface area contributed by atoms with Crippen LogP contribution in [-0.2, 0) is 25.6 Å². The van der Waals surface area contributed by atoms with Gasteiger partial charge in [0.2, 0.25) is 0 Å². The summed E-state index contributed by atoms with van der Waals surface area (Å²) in [5.41, 5.74) is 2.03. The molecule has 1 N–H and O–H groups in total. The summed E-state index contributed by atoms with van der Waals surface area (Å²) in [6.45, 7) is 0.495. The van der Waals surface area contributed by atoms with E-state index in [-0.39, 0.29) is 17.6 Å². The van der Waals surface area contributed by atoms with Gasteiger partial charge >= 0.3 is 11.9 Å². The number of ether oxygens (including phenoxy) is 2. The largest absolute Gasteiger partial charge is 0.466 e. The van der Waals surface area contributed by atoms with Crippen LogP contribution in [0.15, 0.2) is 30.0 Å². The molecule has 1 heterocycles. The molecule has 1 saturated carbocycles. The smallest absolute Gasteiger partial charge is 0.354 e. The highest BCUT2D eigenvalue weighted by Gasteiger charge is 2.34. The Morgan fingerprint density at radius 2 is 1.89 bits per heavy atom. The molecule has 0 spiro atoms. The third-order valence-corrected chi connectivity index (χ3v) is 5.15. The minimum Gasteiger partial charge on any atom is -0.466 e. The maximum atomic E-state index is 12.9. The molecule has 1 aromatic rings. The molecule has 1 aromatic carbocycles. The van der Waals surface area contributed by atoms with Gasteiger partial charge in [-0.3, -0.25) is 4.79 Å². The molecule has 27 heavy (non-hydrogen) atoms. The Morgan fingerprint density at radius 1 is 1.15 bits per heavy atom. The standard InChI is InChI=1S/C20H24N2O5/c1-26-18(23)11-17(20(25)27-2)21-16-10-6-9-14-15(16)12-22(19(14)24)13-7-4-3-5-8-13/h6,9-11,13,21H,3-5,7-8,12H2,1-2H3/b17-11+. The van der Waals surface area contributed by atoms with Crippen LogP contribution >= 0.6 is 0 Å². The van der Waals surface area contributed by atoms with Gasteiger partial charge in [0.15, 0.2) is 0 Å². The maximum absolute atomic E-state index is 12.9. The number of anilines is 1. The number of carbonyl (C=O) groups is 3. The van der Waals surface area contributed by atoms with Crippen molar-refractivity contribution in [1.29, 1.82) is 0 Å². The molecule has 1 aliphatic carbocycles. The molecule has 3 rings (SSSR count). The lowest BCUT2D eigenvalue weighted by Crippen LogP contribution is -2.36. The summed E-state index contributed by atoms with van der Waals surface area (Å²) >= 11 is 0. The predicted octanol–water partition coefficient (Wildman–Crippen LogP) is 2.62. The van der Waals surface area contributed by atoms with Crippen LogP contribution in [0.2, 0.25) is 0 Å². The number of nitrogens with zero attached hydrogens (tertiary/aromatic N) is 1. The Morgan fingerprint density at radius 3 is 2.56 bits per heavy atom. The molecule has 2 aliphatic rings. The second-order valence-corrected chi connectivity index (χ2v) is 6.75. The van der Waals surface area contributed by atoms with Gasteiger partial charge in [0, 0.05) is 29.4 Å². The van der Waals surface area contributed by atoms with E-state index in [2.05, 4.69) is 10.1 Å². The van der Waals surface area contributed by atoms with E-state index in [1.807, 2.05) is 4.90 Å². The van der Waals surface area contributed by atoms with Gasteiger partial charge in [-0.15, -0.1) is 0 Å². The summed E-state index contributed by atoms with van der Waals surface area (Å²) in [6.07, 6.45) is 6.60. The summed E-state index contributed by atoms with van der Waals surface area (Å²) in [5, 5.41) is 2.95. The number of methoxy groups -OCH3 is 2. The first-order chi connectivity index (χ1) is 13.0. The van der Waals surface area contributed by atoms with Crippen LogP contribution in [0.25, 0.3) is 0 Å². The molecule has 0 aromatic heterocycles. The predicted molar refractivity (Wildman–Crippen MR) is 98.9 cm³/mol. The number of carbonyl (C=O) groups excluding carboxylic acids is 3. The van der Waals surface area contributed by atoms with Crippen molar-refractivity contribution < 1.29 is 23.9 Å². The molecule has 0 unspecified atom stereocenters. The lowest BCUT2D eigenvalue weighted by atomic mass is 9.94. The van der Waals surface area contributed by atoms with Crippen molar-refractivity contribution in [3.05, 3.63) is 41.1 Å². The Bertz CT molecular complexity index is 781. The van der Waals surface area contributed by atoms with Crippen LogP contribution in [0, 0.1) is 0 Å². The van der Waals surface area contributed by atoms with Gasteiger partial charge in [0.1, 0.15) is 5.70 Å². The molecule has 0 bridgehead atoms.